The number of amides is 1. The summed E-state index contributed by atoms with van der Waals surface area (Å²) in [6, 6.07) is 20.1. The highest BCUT2D eigenvalue weighted by atomic mass is 16.5. The van der Waals surface area contributed by atoms with E-state index in [1.54, 1.807) is 18.2 Å². The van der Waals surface area contributed by atoms with Crippen LogP contribution in [0.1, 0.15) is 33.5 Å². The van der Waals surface area contributed by atoms with Gasteiger partial charge in [-0.15, -0.1) is 0 Å². The van der Waals surface area contributed by atoms with E-state index < -0.39 is 0 Å². The maximum absolute atomic E-state index is 13.0. The molecule has 0 radical (unpaired) electrons. The zero-order valence-corrected chi connectivity index (χ0v) is 17.2. The van der Waals surface area contributed by atoms with Gasteiger partial charge in [0, 0.05) is 16.8 Å². The maximum atomic E-state index is 13.0. The average molecular weight is 413 g/mol. The van der Waals surface area contributed by atoms with E-state index in [4.69, 9.17) is 4.74 Å². The largest absolute Gasteiger partial charge is 0.504 e. The van der Waals surface area contributed by atoms with Crippen LogP contribution in [0, 0.1) is 0 Å². The minimum absolute atomic E-state index is 0.00414. The Bertz CT molecular complexity index is 1170. The molecular formula is C26H23NO4. The summed E-state index contributed by atoms with van der Waals surface area (Å²) in [6.07, 6.45) is 3.56. The number of carbonyl (C=O) groups is 2. The van der Waals surface area contributed by atoms with E-state index in [0.717, 1.165) is 23.1 Å². The summed E-state index contributed by atoms with van der Waals surface area (Å²) in [5.41, 5.74) is 4.72. The monoisotopic (exact) mass is 413 g/mol. The predicted molar refractivity (Wildman–Crippen MR) is 121 cm³/mol. The molecule has 0 aromatic heterocycles. The highest BCUT2D eigenvalue weighted by Gasteiger charge is 2.22. The molecule has 0 saturated carbocycles. The van der Waals surface area contributed by atoms with Crippen molar-refractivity contribution in [3.05, 3.63) is 94.6 Å². The Hall–Kier alpha value is -3.86. The first kappa shape index (κ1) is 20.4. The molecule has 1 aliphatic carbocycles. The number of ketones is 1. The predicted octanol–water partition coefficient (Wildman–Crippen LogP) is 4.79. The molecule has 156 valence electrons. The number of carbonyl (C=O) groups excluding carboxylic acids is 2. The van der Waals surface area contributed by atoms with E-state index in [0.29, 0.717) is 29.0 Å². The zero-order valence-electron chi connectivity index (χ0n) is 17.2. The average Bonchev–Trinajstić information content (AvgIpc) is 2.78. The van der Waals surface area contributed by atoms with Gasteiger partial charge in [-0.1, -0.05) is 42.5 Å². The van der Waals surface area contributed by atoms with Crippen molar-refractivity contribution in [3.8, 4) is 11.5 Å². The van der Waals surface area contributed by atoms with Crippen molar-refractivity contribution in [3.63, 3.8) is 0 Å². The van der Waals surface area contributed by atoms with Gasteiger partial charge in [0.25, 0.3) is 0 Å². The summed E-state index contributed by atoms with van der Waals surface area (Å²) in [6.45, 7) is 0. The molecule has 0 heterocycles. The summed E-state index contributed by atoms with van der Waals surface area (Å²) >= 11 is 0. The summed E-state index contributed by atoms with van der Waals surface area (Å²) in [5, 5.41) is 12.6. The summed E-state index contributed by atoms with van der Waals surface area (Å²) in [7, 11) is 1.46. The number of allylic oxidation sites excluding steroid dienone is 1. The number of rotatable bonds is 5. The van der Waals surface area contributed by atoms with Gasteiger partial charge >= 0.3 is 0 Å². The standard InChI is InChI=1S/C26H23NO4/c1-31-24-14-18(7-12-23(24)28)15-25(29)27-21-11-10-19-8-9-20(26(30)22(19)16-21)13-17-5-3-2-4-6-17/h2-7,10-14,16,28H,8-9,15H2,1H3,(H,27,29). The van der Waals surface area contributed by atoms with Gasteiger partial charge in [-0.05, 0) is 59.9 Å². The van der Waals surface area contributed by atoms with E-state index in [2.05, 4.69) is 5.32 Å². The number of Topliss-reactive ketones (excluding diaryl/α,β-unsaturated/α-hetero) is 1. The van der Waals surface area contributed by atoms with Gasteiger partial charge in [-0.3, -0.25) is 9.59 Å². The highest BCUT2D eigenvalue weighted by molar-refractivity contribution is 6.13. The molecule has 0 saturated heterocycles. The number of phenolic OH excluding ortho intramolecular Hbond substituents is 1. The molecule has 2 N–H and O–H groups in total. The van der Waals surface area contributed by atoms with Crippen LogP contribution in [0.5, 0.6) is 11.5 Å². The Labute approximate surface area is 181 Å². The van der Waals surface area contributed by atoms with Crippen LogP contribution in [0.2, 0.25) is 0 Å². The van der Waals surface area contributed by atoms with E-state index in [1.165, 1.54) is 13.2 Å². The molecule has 0 spiro atoms. The zero-order chi connectivity index (χ0) is 21.8. The van der Waals surface area contributed by atoms with Gasteiger partial charge in [0.15, 0.2) is 17.3 Å². The summed E-state index contributed by atoms with van der Waals surface area (Å²) in [5.74, 6) is 0.141. The lowest BCUT2D eigenvalue weighted by molar-refractivity contribution is -0.115. The molecule has 5 nitrogen and oxygen atoms in total. The number of aryl methyl sites for hydroxylation is 1. The molecule has 3 aromatic rings. The fourth-order valence-corrected chi connectivity index (χ4v) is 3.75. The molecule has 0 bridgehead atoms. The van der Waals surface area contributed by atoms with E-state index in [-0.39, 0.29) is 23.9 Å². The number of nitrogens with one attached hydrogen (secondary N) is 1. The number of fused-ring (bicyclic) bond motifs is 1. The lowest BCUT2D eigenvalue weighted by Crippen LogP contribution is -2.17. The Kier molecular flexibility index (Phi) is 5.85. The van der Waals surface area contributed by atoms with Crippen LogP contribution >= 0.6 is 0 Å². The Morgan fingerprint density at radius 3 is 2.65 bits per heavy atom. The lowest BCUT2D eigenvalue weighted by Gasteiger charge is -2.19. The second-order valence-corrected chi connectivity index (χ2v) is 7.51. The smallest absolute Gasteiger partial charge is 0.228 e. The SMILES string of the molecule is COc1cc(CC(=O)Nc2ccc3c(c2)C(=O)C(=Cc2ccccc2)CC3)ccc1O. The number of phenols is 1. The quantitative estimate of drug-likeness (QED) is 0.590. The van der Waals surface area contributed by atoms with Gasteiger partial charge in [0.05, 0.1) is 13.5 Å². The molecular weight excluding hydrogens is 390 g/mol. The third-order valence-electron chi connectivity index (χ3n) is 5.34. The molecule has 1 amide bonds. The molecule has 0 unspecified atom stereocenters. The van der Waals surface area contributed by atoms with E-state index in [9.17, 15) is 14.7 Å². The number of hydrogen-bond acceptors (Lipinski definition) is 4. The fourth-order valence-electron chi connectivity index (χ4n) is 3.75. The molecule has 4 rings (SSSR count). The van der Waals surface area contributed by atoms with Crippen molar-refractivity contribution in [2.75, 3.05) is 12.4 Å². The van der Waals surface area contributed by atoms with Crippen LogP contribution in [0.3, 0.4) is 0 Å². The van der Waals surface area contributed by atoms with Crippen molar-refractivity contribution >= 4 is 23.5 Å². The first-order valence-electron chi connectivity index (χ1n) is 10.1. The lowest BCUT2D eigenvalue weighted by atomic mass is 9.85. The van der Waals surface area contributed by atoms with Crippen molar-refractivity contribution < 1.29 is 19.4 Å². The summed E-state index contributed by atoms with van der Waals surface area (Å²) < 4.78 is 5.09. The van der Waals surface area contributed by atoms with Gasteiger partial charge in [0.1, 0.15) is 0 Å². The van der Waals surface area contributed by atoms with Gasteiger partial charge < -0.3 is 15.2 Å². The van der Waals surface area contributed by atoms with Crippen LogP contribution < -0.4 is 10.1 Å². The molecule has 1 aliphatic rings. The van der Waals surface area contributed by atoms with Crippen LogP contribution in [0.25, 0.3) is 6.08 Å². The normalized spacial score (nSPS) is 14.2. The number of aromatic hydroxyl groups is 1. The van der Waals surface area contributed by atoms with Crippen LogP contribution in [0.4, 0.5) is 5.69 Å². The molecule has 0 aliphatic heterocycles. The minimum Gasteiger partial charge on any atom is -0.504 e. The van der Waals surface area contributed by atoms with E-state index >= 15 is 0 Å². The molecule has 0 fully saturated rings. The number of ether oxygens (including phenoxy) is 1. The van der Waals surface area contributed by atoms with Crippen LogP contribution in [-0.4, -0.2) is 23.9 Å². The van der Waals surface area contributed by atoms with Gasteiger partial charge in [0.2, 0.25) is 5.91 Å². The topological polar surface area (TPSA) is 75.6 Å². The highest BCUT2D eigenvalue weighted by Crippen LogP contribution is 2.29. The molecule has 0 atom stereocenters. The van der Waals surface area contributed by atoms with Crippen molar-refractivity contribution in [1.29, 1.82) is 0 Å². The van der Waals surface area contributed by atoms with Crippen LogP contribution in [0.15, 0.2) is 72.3 Å². The maximum Gasteiger partial charge on any atom is 0.228 e. The number of anilines is 1. The summed E-state index contributed by atoms with van der Waals surface area (Å²) in [4.78, 5) is 25.5. The number of methoxy groups -OCH3 is 1. The van der Waals surface area contributed by atoms with Crippen molar-refractivity contribution in [2.45, 2.75) is 19.3 Å². The van der Waals surface area contributed by atoms with Gasteiger partial charge in [-0.25, -0.2) is 0 Å². The number of benzene rings is 3. The first-order chi connectivity index (χ1) is 15.0. The third-order valence-corrected chi connectivity index (χ3v) is 5.34. The van der Waals surface area contributed by atoms with E-state index in [1.807, 2.05) is 48.5 Å². The van der Waals surface area contributed by atoms with Gasteiger partial charge in [-0.2, -0.15) is 0 Å². The van der Waals surface area contributed by atoms with Crippen molar-refractivity contribution in [2.24, 2.45) is 0 Å². The number of hydrogen-bond donors (Lipinski definition) is 2. The second kappa shape index (κ2) is 8.88. The second-order valence-electron chi connectivity index (χ2n) is 7.51. The first-order valence-corrected chi connectivity index (χ1v) is 10.1. The molecule has 31 heavy (non-hydrogen) atoms. The Morgan fingerprint density at radius 1 is 1.06 bits per heavy atom. The Morgan fingerprint density at radius 2 is 1.87 bits per heavy atom. The third kappa shape index (κ3) is 4.67. The Balaban J connectivity index is 1.50. The minimum atomic E-state index is -0.212. The molecule has 5 heteroatoms. The van der Waals surface area contributed by atoms with Crippen LogP contribution in [-0.2, 0) is 17.6 Å². The molecule has 3 aromatic carbocycles. The van der Waals surface area contributed by atoms with Crippen molar-refractivity contribution in [1.82, 2.24) is 0 Å². The fraction of sp³-hybridized carbons (Fsp3) is 0.154.